The van der Waals surface area contributed by atoms with Gasteiger partial charge in [-0.05, 0) is 34.0 Å². The lowest BCUT2D eigenvalue weighted by atomic mass is 9.97. The lowest BCUT2D eigenvalue weighted by molar-refractivity contribution is -0.120. The number of carbonyl (C=O) groups is 1. The summed E-state index contributed by atoms with van der Waals surface area (Å²) in [6.07, 6.45) is 0.242. The van der Waals surface area contributed by atoms with Crippen molar-refractivity contribution in [1.82, 2.24) is 10.2 Å². The number of nitrogens with zero attached hydrogens (tertiary/aromatic N) is 1. The van der Waals surface area contributed by atoms with Gasteiger partial charge in [-0.25, -0.2) is 4.39 Å². The molecule has 29 heavy (non-hydrogen) atoms. The molecule has 4 rings (SSSR count). The number of hydrogen-bond acceptors (Lipinski definition) is 3. The van der Waals surface area contributed by atoms with Crippen LogP contribution in [0.1, 0.15) is 17.2 Å². The number of morpholine rings is 1. The number of amides is 1. The van der Waals surface area contributed by atoms with Gasteiger partial charge in [0.2, 0.25) is 5.91 Å². The molecule has 1 amide bonds. The van der Waals surface area contributed by atoms with E-state index in [0.717, 1.165) is 18.7 Å². The second-order valence-electron chi connectivity index (χ2n) is 7.34. The number of fused-ring (bicyclic) bond motifs is 1. The number of benzene rings is 3. The summed E-state index contributed by atoms with van der Waals surface area (Å²) >= 11 is 0. The number of hydrogen-bond donors (Lipinski definition) is 1. The van der Waals surface area contributed by atoms with E-state index in [9.17, 15) is 9.18 Å². The molecule has 1 atom stereocenters. The molecule has 3 aromatic carbocycles. The van der Waals surface area contributed by atoms with E-state index in [1.165, 1.54) is 28.5 Å². The highest BCUT2D eigenvalue weighted by Gasteiger charge is 2.24. The van der Waals surface area contributed by atoms with Gasteiger partial charge < -0.3 is 10.1 Å². The Morgan fingerprint density at radius 1 is 1.00 bits per heavy atom. The monoisotopic (exact) mass is 392 g/mol. The molecule has 3 aromatic rings. The van der Waals surface area contributed by atoms with Crippen LogP contribution < -0.4 is 5.32 Å². The molecule has 0 aromatic heterocycles. The molecule has 1 heterocycles. The molecule has 1 saturated heterocycles. The van der Waals surface area contributed by atoms with Gasteiger partial charge in [0.1, 0.15) is 5.82 Å². The van der Waals surface area contributed by atoms with Crippen molar-refractivity contribution in [3.8, 4) is 0 Å². The van der Waals surface area contributed by atoms with Gasteiger partial charge in [-0.2, -0.15) is 0 Å². The number of halogens is 1. The number of ether oxygens (including phenoxy) is 1. The molecule has 0 aliphatic carbocycles. The fraction of sp³-hybridized carbons (Fsp3) is 0.292. The third-order valence-corrected chi connectivity index (χ3v) is 5.44. The Bertz CT molecular complexity index is 963. The normalized spacial score (nSPS) is 15.9. The van der Waals surface area contributed by atoms with Gasteiger partial charge in [-0.3, -0.25) is 9.69 Å². The average Bonchev–Trinajstić information content (AvgIpc) is 2.76. The zero-order valence-corrected chi connectivity index (χ0v) is 16.3. The molecule has 150 valence electrons. The first-order chi connectivity index (χ1) is 14.2. The molecule has 0 saturated carbocycles. The minimum Gasteiger partial charge on any atom is -0.379 e. The molecular weight excluding hydrogens is 367 g/mol. The van der Waals surface area contributed by atoms with Gasteiger partial charge in [0.15, 0.2) is 0 Å². The van der Waals surface area contributed by atoms with Crippen LogP contribution >= 0.6 is 0 Å². The third-order valence-electron chi connectivity index (χ3n) is 5.44. The number of carbonyl (C=O) groups excluding carboxylic acids is 1. The second-order valence-corrected chi connectivity index (χ2v) is 7.34. The fourth-order valence-electron chi connectivity index (χ4n) is 3.93. The predicted octanol–water partition coefficient (Wildman–Crippen LogP) is 3.71. The van der Waals surface area contributed by atoms with E-state index in [2.05, 4.69) is 46.6 Å². The van der Waals surface area contributed by atoms with E-state index in [1.54, 1.807) is 12.1 Å². The van der Waals surface area contributed by atoms with E-state index in [1.807, 2.05) is 6.07 Å². The maximum absolute atomic E-state index is 13.1. The van der Waals surface area contributed by atoms with E-state index >= 15 is 0 Å². The smallest absolute Gasteiger partial charge is 0.224 e. The van der Waals surface area contributed by atoms with Crippen LogP contribution in [0.3, 0.4) is 0 Å². The zero-order valence-electron chi connectivity index (χ0n) is 16.3. The van der Waals surface area contributed by atoms with Crippen LogP contribution in [0.2, 0.25) is 0 Å². The van der Waals surface area contributed by atoms with Crippen LogP contribution in [0, 0.1) is 5.82 Å². The summed E-state index contributed by atoms with van der Waals surface area (Å²) in [6, 6.07) is 20.8. The summed E-state index contributed by atoms with van der Waals surface area (Å²) in [5.41, 5.74) is 2.02. The summed E-state index contributed by atoms with van der Waals surface area (Å²) < 4.78 is 18.6. The lowest BCUT2D eigenvalue weighted by Crippen LogP contribution is -2.44. The Balaban J connectivity index is 1.53. The Labute approximate surface area is 170 Å². The molecule has 1 unspecified atom stereocenters. The SMILES string of the molecule is O=C(Cc1ccc(F)cc1)NCC(c1cccc2ccccc12)N1CCOCC1. The zero-order chi connectivity index (χ0) is 20.1. The van der Waals surface area contributed by atoms with Gasteiger partial charge in [0.25, 0.3) is 0 Å². The summed E-state index contributed by atoms with van der Waals surface area (Å²) in [4.78, 5) is 14.9. The summed E-state index contributed by atoms with van der Waals surface area (Å²) in [6.45, 7) is 3.59. The minimum absolute atomic E-state index is 0.0601. The average molecular weight is 392 g/mol. The van der Waals surface area contributed by atoms with Crippen LogP contribution in [0.4, 0.5) is 4.39 Å². The van der Waals surface area contributed by atoms with E-state index in [-0.39, 0.29) is 24.2 Å². The summed E-state index contributed by atoms with van der Waals surface area (Å²) in [5.74, 6) is -0.354. The summed E-state index contributed by atoms with van der Waals surface area (Å²) in [7, 11) is 0. The molecule has 1 N–H and O–H groups in total. The molecule has 0 radical (unpaired) electrons. The Morgan fingerprint density at radius 3 is 2.52 bits per heavy atom. The standard InChI is InChI=1S/C24H25FN2O2/c25-20-10-8-18(9-11-20)16-24(28)26-17-23(27-12-14-29-15-13-27)22-7-3-5-19-4-1-2-6-21(19)22/h1-11,23H,12-17H2,(H,26,28). The summed E-state index contributed by atoms with van der Waals surface area (Å²) in [5, 5.41) is 5.49. The van der Waals surface area contributed by atoms with Gasteiger partial charge in [-0.15, -0.1) is 0 Å². The molecule has 1 aliphatic rings. The van der Waals surface area contributed by atoms with Crippen molar-refractivity contribution in [2.24, 2.45) is 0 Å². The van der Waals surface area contributed by atoms with Crippen LogP contribution in [0.25, 0.3) is 10.8 Å². The van der Waals surface area contributed by atoms with E-state index in [4.69, 9.17) is 4.74 Å². The molecule has 0 spiro atoms. The first-order valence-corrected chi connectivity index (χ1v) is 10.0. The topological polar surface area (TPSA) is 41.6 Å². The Hall–Kier alpha value is -2.76. The maximum atomic E-state index is 13.1. The lowest BCUT2D eigenvalue weighted by Gasteiger charge is -2.35. The largest absolute Gasteiger partial charge is 0.379 e. The Morgan fingerprint density at radius 2 is 1.72 bits per heavy atom. The van der Waals surface area contributed by atoms with Crippen molar-refractivity contribution < 1.29 is 13.9 Å². The fourth-order valence-corrected chi connectivity index (χ4v) is 3.93. The van der Waals surface area contributed by atoms with Crippen LogP contribution in [0.15, 0.2) is 66.7 Å². The van der Waals surface area contributed by atoms with Crippen molar-refractivity contribution in [1.29, 1.82) is 0 Å². The molecule has 0 bridgehead atoms. The first-order valence-electron chi connectivity index (χ1n) is 10.0. The molecule has 1 aliphatic heterocycles. The molecule has 4 nitrogen and oxygen atoms in total. The Kier molecular flexibility index (Phi) is 6.17. The maximum Gasteiger partial charge on any atom is 0.224 e. The molecule has 1 fully saturated rings. The van der Waals surface area contributed by atoms with Gasteiger partial charge in [0.05, 0.1) is 25.7 Å². The predicted molar refractivity (Wildman–Crippen MR) is 112 cm³/mol. The van der Waals surface area contributed by atoms with Crippen LogP contribution in [0.5, 0.6) is 0 Å². The quantitative estimate of drug-likeness (QED) is 0.695. The molecule has 5 heteroatoms. The number of rotatable bonds is 6. The van der Waals surface area contributed by atoms with Gasteiger partial charge >= 0.3 is 0 Å². The van der Waals surface area contributed by atoms with Crippen LogP contribution in [-0.2, 0) is 16.0 Å². The first kappa shape index (κ1) is 19.6. The van der Waals surface area contributed by atoms with Crippen LogP contribution in [-0.4, -0.2) is 43.7 Å². The highest BCUT2D eigenvalue weighted by Crippen LogP contribution is 2.28. The van der Waals surface area contributed by atoms with Gasteiger partial charge in [-0.1, -0.05) is 54.6 Å². The van der Waals surface area contributed by atoms with Crippen molar-refractivity contribution in [3.63, 3.8) is 0 Å². The van der Waals surface area contributed by atoms with E-state index in [0.29, 0.717) is 19.8 Å². The third kappa shape index (κ3) is 4.81. The van der Waals surface area contributed by atoms with Crippen molar-refractivity contribution in [2.45, 2.75) is 12.5 Å². The van der Waals surface area contributed by atoms with Gasteiger partial charge in [0, 0.05) is 19.6 Å². The highest BCUT2D eigenvalue weighted by atomic mass is 19.1. The minimum atomic E-state index is -0.294. The van der Waals surface area contributed by atoms with Crippen molar-refractivity contribution in [2.75, 3.05) is 32.8 Å². The molecular formula is C24H25FN2O2. The second kappa shape index (κ2) is 9.16. The highest BCUT2D eigenvalue weighted by molar-refractivity contribution is 5.86. The van der Waals surface area contributed by atoms with E-state index < -0.39 is 0 Å². The van der Waals surface area contributed by atoms with Crippen molar-refractivity contribution >= 4 is 16.7 Å². The number of nitrogens with one attached hydrogen (secondary N) is 1. The van der Waals surface area contributed by atoms with Crippen molar-refractivity contribution in [3.05, 3.63) is 83.7 Å².